The van der Waals surface area contributed by atoms with Gasteiger partial charge in [-0.2, -0.15) is 0 Å². The summed E-state index contributed by atoms with van der Waals surface area (Å²) in [5.41, 5.74) is 0.467. The van der Waals surface area contributed by atoms with E-state index in [0.717, 1.165) is 52.0 Å². The zero-order chi connectivity index (χ0) is 11.9. The molecule has 3 rings (SSSR count). The van der Waals surface area contributed by atoms with Crippen molar-refractivity contribution < 1.29 is 14.6 Å². The van der Waals surface area contributed by atoms with Crippen LogP contribution in [0, 0.1) is 5.41 Å². The van der Waals surface area contributed by atoms with Gasteiger partial charge in [-0.25, -0.2) is 0 Å². The zero-order valence-corrected chi connectivity index (χ0v) is 10.3. The van der Waals surface area contributed by atoms with Gasteiger partial charge in [-0.15, -0.1) is 0 Å². The molecule has 4 nitrogen and oxygen atoms in total. The van der Waals surface area contributed by atoms with Crippen LogP contribution in [0.5, 0.6) is 0 Å². The first-order valence-electron chi connectivity index (χ1n) is 6.69. The van der Waals surface area contributed by atoms with Gasteiger partial charge in [-0.05, 0) is 32.1 Å². The van der Waals surface area contributed by atoms with Crippen molar-refractivity contribution in [3.05, 3.63) is 0 Å². The van der Waals surface area contributed by atoms with Crippen molar-refractivity contribution in [1.29, 1.82) is 0 Å². The van der Waals surface area contributed by atoms with Gasteiger partial charge in [0, 0.05) is 37.3 Å². The van der Waals surface area contributed by atoms with Gasteiger partial charge >= 0.3 is 5.97 Å². The molecule has 0 aromatic carbocycles. The van der Waals surface area contributed by atoms with Crippen molar-refractivity contribution in [1.82, 2.24) is 4.90 Å². The minimum absolute atomic E-state index is 0.00931. The van der Waals surface area contributed by atoms with Gasteiger partial charge in [-0.1, -0.05) is 0 Å². The standard InChI is InChI=1S/C13H21NO3/c15-11(16)8-13(2-1-3-13)14-9-12(10-14)4-6-17-7-5-12/h1-10H2,(H,15,16). The summed E-state index contributed by atoms with van der Waals surface area (Å²) < 4.78 is 5.41. The maximum atomic E-state index is 11.0. The zero-order valence-electron chi connectivity index (χ0n) is 10.3. The largest absolute Gasteiger partial charge is 0.481 e. The van der Waals surface area contributed by atoms with Crippen LogP contribution in [0.3, 0.4) is 0 Å². The Morgan fingerprint density at radius 3 is 2.29 bits per heavy atom. The molecular formula is C13H21NO3. The third-order valence-electron chi connectivity index (χ3n) is 5.04. The van der Waals surface area contributed by atoms with Crippen molar-refractivity contribution in [2.24, 2.45) is 5.41 Å². The van der Waals surface area contributed by atoms with Gasteiger partial charge in [-0.3, -0.25) is 9.69 Å². The topological polar surface area (TPSA) is 49.8 Å². The van der Waals surface area contributed by atoms with Crippen molar-refractivity contribution in [3.63, 3.8) is 0 Å². The molecule has 1 saturated carbocycles. The highest BCUT2D eigenvalue weighted by Crippen LogP contribution is 2.50. The maximum Gasteiger partial charge on any atom is 0.305 e. The van der Waals surface area contributed by atoms with Gasteiger partial charge < -0.3 is 9.84 Å². The smallest absolute Gasteiger partial charge is 0.305 e. The number of aliphatic carboxylic acids is 1. The van der Waals surface area contributed by atoms with Crippen LogP contribution in [0.15, 0.2) is 0 Å². The van der Waals surface area contributed by atoms with E-state index in [4.69, 9.17) is 9.84 Å². The summed E-state index contributed by atoms with van der Waals surface area (Å²) in [7, 11) is 0. The Bertz CT molecular complexity index is 311. The minimum Gasteiger partial charge on any atom is -0.481 e. The summed E-state index contributed by atoms with van der Waals surface area (Å²) in [6.07, 6.45) is 6.00. The molecule has 0 unspecified atom stereocenters. The summed E-state index contributed by atoms with van der Waals surface area (Å²) >= 11 is 0. The highest BCUT2D eigenvalue weighted by Gasteiger charge is 2.54. The number of hydrogen-bond acceptors (Lipinski definition) is 3. The highest BCUT2D eigenvalue weighted by atomic mass is 16.5. The second-order valence-electron chi connectivity index (χ2n) is 6.12. The van der Waals surface area contributed by atoms with Crippen LogP contribution in [-0.2, 0) is 9.53 Å². The molecule has 2 aliphatic heterocycles. The molecule has 0 aromatic rings. The third kappa shape index (κ3) is 1.87. The number of hydrogen-bond donors (Lipinski definition) is 1. The van der Waals surface area contributed by atoms with E-state index in [1.807, 2.05) is 0 Å². The second-order valence-corrected chi connectivity index (χ2v) is 6.12. The normalized spacial score (nSPS) is 30.6. The molecule has 1 aliphatic carbocycles. The SMILES string of the molecule is O=C(O)CC1(N2CC3(CCOCC3)C2)CCC1. The van der Waals surface area contributed by atoms with Gasteiger partial charge in [0.25, 0.3) is 0 Å². The van der Waals surface area contributed by atoms with E-state index in [2.05, 4.69) is 4.90 Å². The number of carbonyl (C=O) groups is 1. The maximum absolute atomic E-state index is 11.0. The molecule has 1 spiro atoms. The molecule has 0 aromatic heterocycles. The third-order valence-corrected chi connectivity index (χ3v) is 5.04. The summed E-state index contributed by atoms with van der Waals surface area (Å²) in [6.45, 7) is 3.98. The average Bonchev–Trinajstić information content (AvgIpc) is 2.21. The average molecular weight is 239 g/mol. The predicted molar refractivity (Wildman–Crippen MR) is 62.9 cm³/mol. The number of nitrogens with zero attached hydrogens (tertiary/aromatic N) is 1. The van der Waals surface area contributed by atoms with E-state index < -0.39 is 5.97 Å². The number of carboxylic acid groups (broad SMARTS) is 1. The Morgan fingerprint density at radius 1 is 1.18 bits per heavy atom. The predicted octanol–water partition coefficient (Wildman–Crippen LogP) is 1.50. The number of rotatable bonds is 3. The van der Waals surface area contributed by atoms with E-state index in [1.54, 1.807) is 0 Å². The Morgan fingerprint density at radius 2 is 1.82 bits per heavy atom. The molecule has 3 fully saturated rings. The number of ether oxygens (including phenoxy) is 1. The van der Waals surface area contributed by atoms with E-state index in [0.29, 0.717) is 11.8 Å². The van der Waals surface area contributed by atoms with Crippen molar-refractivity contribution in [2.75, 3.05) is 26.3 Å². The summed E-state index contributed by atoms with van der Waals surface area (Å²) in [5.74, 6) is -0.641. The van der Waals surface area contributed by atoms with Crippen LogP contribution in [0.25, 0.3) is 0 Å². The van der Waals surface area contributed by atoms with Gasteiger partial charge in [0.15, 0.2) is 0 Å². The van der Waals surface area contributed by atoms with E-state index in [-0.39, 0.29) is 5.54 Å². The molecule has 2 heterocycles. The fourth-order valence-electron chi connectivity index (χ4n) is 3.69. The fraction of sp³-hybridized carbons (Fsp3) is 0.923. The first-order valence-corrected chi connectivity index (χ1v) is 6.69. The number of likely N-dealkylation sites (tertiary alicyclic amines) is 1. The Kier molecular flexibility index (Phi) is 2.67. The molecule has 2 saturated heterocycles. The van der Waals surface area contributed by atoms with E-state index >= 15 is 0 Å². The number of carboxylic acids is 1. The van der Waals surface area contributed by atoms with Crippen LogP contribution in [0.1, 0.15) is 38.5 Å². The first kappa shape index (κ1) is 11.5. The first-order chi connectivity index (χ1) is 8.14. The summed E-state index contributed by atoms with van der Waals surface area (Å²) in [6, 6.07) is 0. The van der Waals surface area contributed by atoms with E-state index in [9.17, 15) is 4.79 Å². The van der Waals surface area contributed by atoms with E-state index in [1.165, 1.54) is 6.42 Å². The fourth-order valence-corrected chi connectivity index (χ4v) is 3.69. The van der Waals surface area contributed by atoms with Crippen LogP contribution < -0.4 is 0 Å². The molecule has 0 radical (unpaired) electrons. The lowest BCUT2D eigenvalue weighted by atomic mass is 9.65. The van der Waals surface area contributed by atoms with Crippen LogP contribution in [0.4, 0.5) is 0 Å². The molecule has 4 heteroatoms. The lowest BCUT2D eigenvalue weighted by Gasteiger charge is -2.62. The molecule has 17 heavy (non-hydrogen) atoms. The molecule has 0 atom stereocenters. The van der Waals surface area contributed by atoms with Gasteiger partial charge in [0.05, 0.1) is 6.42 Å². The molecule has 3 aliphatic rings. The Balaban J connectivity index is 1.61. The van der Waals surface area contributed by atoms with Crippen LogP contribution in [0.2, 0.25) is 0 Å². The van der Waals surface area contributed by atoms with Crippen LogP contribution >= 0.6 is 0 Å². The van der Waals surface area contributed by atoms with Gasteiger partial charge in [0.2, 0.25) is 0 Å². The molecule has 1 N–H and O–H groups in total. The molecule has 0 amide bonds. The highest BCUT2D eigenvalue weighted by molar-refractivity contribution is 5.68. The quantitative estimate of drug-likeness (QED) is 0.810. The minimum atomic E-state index is -0.641. The van der Waals surface area contributed by atoms with Crippen molar-refractivity contribution in [3.8, 4) is 0 Å². The van der Waals surface area contributed by atoms with Crippen LogP contribution in [-0.4, -0.2) is 47.8 Å². The molecule has 0 bridgehead atoms. The van der Waals surface area contributed by atoms with Crippen molar-refractivity contribution >= 4 is 5.97 Å². The lowest BCUT2D eigenvalue weighted by molar-refractivity contribution is -0.164. The lowest BCUT2D eigenvalue weighted by Crippen LogP contribution is -2.69. The van der Waals surface area contributed by atoms with Gasteiger partial charge in [0.1, 0.15) is 0 Å². The van der Waals surface area contributed by atoms with Crippen molar-refractivity contribution in [2.45, 2.75) is 44.1 Å². The Labute approximate surface area is 102 Å². The Hall–Kier alpha value is -0.610. The monoisotopic (exact) mass is 239 g/mol. The molecular weight excluding hydrogens is 218 g/mol. The molecule has 96 valence electrons. The second kappa shape index (κ2) is 3.95. The summed E-state index contributed by atoms with van der Waals surface area (Å²) in [5, 5.41) is 9.04. The summed E-state index contributed by atoms with van der Waals surface area (Å²) in [4.78, 5) is 13.4.